The molecule has 0 spiro atoms. The summed E-state index contributed by atoms with van der Waals surface area (Å²) in [4.78, 5) is 24.2. The average Bonchev–Trinajstić information content (AvgIpc) is 3.49. The van der Waals surface area contributed by atoms with Crippen LogP contribution in [0.25, 0.3) is 0 Å². The second-order valence-corrected chi connectivity index (χ2v) is 8.19. The van der Waals surface area contributed by atoms with Crippen molar-refractivity contribution >= 4 is 40.5 Å². The van der Waals surface area contributed by atoms with E-state index >= 15 is 0 Å². The van der Waals surface area contributed by atoms with Gasteiger partial charge in [-0.2, -0.15) is 0 Å². The molecule has 2 fully saturated rings. The summed E-state index contributed by atoms with van der Waals surface area (Å²) in [5.74, 6) is 0.883. The van der Waals surface area contributed by atoms with Crippen LogP contribution in [0.2, 0.25) is 0 Å². The van der Waals surface area contributed by atoms with Crippen molar-refractivity contribution in [2.45, 2.75) is 64.7 Å². The van der Waals surface area contributed by atoms with Crippen LogP contribution in [0.4, 0.5) is 11.4 Å². The van der Waals surface area contributed by atoms with Gasteiger partial charge in [0, 0.05) is 23.7 Å². The summed E-state index contributed by atoms with van der Waals surface area (Å²) in [5, 5.41) is 9.14. The maximum atomic E-state index is 12.2. The number of nitrogens with one attached hydrogen (secondary N) is 3. The van der Waals surface area contributed by atoms with Crippen molar-refractivity contribution < 1.29 is 9.59 Å². The molecule has 0 aromatic heterocycles. The van der Waals surface area contributed by atoms with Gasteiger partial charge < -0.3 is 16.0 Å². The zero-order chi connectivity index (χ0) is 19.2. The molecule has 2 saturated carbocycles. The molecule has 0 unspecified atom stereocenters. The fourth-order valence-corrected chi connectivity index (χ4v) is 3.86. The zero-order valence-corrected chi connectivity index (χ0v) is 16.8. The van der Waals surface area contributed by atoms with E-state index in [2.05, 4.69) is 16.0 Å². The standard InChI is InChI=1S/C21H29N3O2S/c1-14-17(22-20(26)16-11-12-16)8-5-9-18(14)23-21(27)24-19(25)13-10-15-6-3-2-4-7-15/h5,8-9,15-16H,2-4,6-7,10-13H2,1H3,(H,22,26)(H2,23,24,25,27). The van der Waals surface area contributed by atoms with Gasteiger partial charge in [0.05, 0.1) is 0 Å². The van der Waals surface area contributed by atoms with Crippen molar-refractivity contribution in [2.75, 3.05) is 10.6 Å². The van der Waals surface area contributed by atoms with Crippen molar-refractivity contribution in [3.63, 3.8) is 0 Å². The van der Waals surface area contributed by atoms with Crippen LogP contribution in [0.5, 0.6) is 0 Å². The molecule has 0 radical (unpaired) electrons. The number of anilines is 2. The third-order valence-corrected chi connectivity index (χ3v) is 5.75. The Bertz CT molecular complexity index is 709. The van der Waals surface area contributed by atoms with Crippen LogP contribution >= 0.6 is 12.2 Å². The first kappa shape index (κ1) is 19.8. The van der Waals surface area contributed by atoms with E-state index in [1.165, 1.54) is 32.1 Å². The Morgan fingerprint density at radius 1 is 1.04 bits per heavy atom. The molecule has 2 aliphatic rings. The topological polar surface area (TPSA) is 70.2 Å². The van der Waals surface area contributed by atoms with E-state index in [1.54, 1.807) is 0 Å². The lowest BCUT2D eigenvalue weighted by Gasteiger charge is -2.21. The lowest BCUT2D eigenvalue weighted by atomic mass is 9.86. The summed E-state index contributed by atoms with van der Waals surface area (Å²) < 4.78 is 0. The molecule has 1 aromatic rings. The van der Waals surface area contributed by atoms with Gasteiger partial charge >= 0.3 is 0 Å². The van der Waals surface area contributed by atoms with Crippen LogP contribution in [0.1, 0.15) is 63.4 Å². The number of amides is 2. The van der Waals surface area contributed by atoms with Crippen molar-refractivity contribution in [2.24, 2.45) is 11.8 Å². The van der Waals surface area contributed by atoms with E-state index in [0.717, 1.165) is 36.2 Å². The van der Waals surface area contributed by atoms with Crippen molar-refractivity contribution in [1.82, 2.24) is 5.32 Å². The minimum absolute atomic E-state index is 0.0334. The van der Waals surface area contributed by atoms with E-state index in [1.807, 2.05) is 25.1 Å². The summed E-state index contributed by atoms with van der Waals surface area (Å²) in [6.07, 6.45) is 9.80. The SMILES string of the molecule is Cc1c(NC(=O)C2CC2)cccc1NC(=S)NC(=O)CCC1CCCCC1. The van der Waals surface area contributed by atoms with Gasteiger partial charge in [0.2, 0.25) is 11.8 Å². The molecule has 6 heteroatoms. The number of carbonyl (C=O) groups is 2. The van der Waals surface area contributed by atoms with Crippen molar-refractivity contribution in [3.8, 4) is 0 Å². The smallest absolute Gasteiger partial charge is 0.227 e. The monoisotopic (exact) mass is 387 g/mol. The Kier molecular flexibility index (Phi) is 6.83. The Labute approximate surface area is 166 Å². The summed E-state index contributed by atoms with van der Waals surface area (Å²) in [6, 6.07) is 5.64. The molecular formula is C21H29N3O2S. The Morgan fingerprint density at radius 2 is 1.70 bits per heavy atom. The van der Waals surface area contributed by atoms with Gasteiger partial charge in [-0.3, -0.25) is 9.59 Å². The molecule has 0 bridgehead atoms. The highest BCUT2D eigenvalue weighted by atomic mass is 32.1. The van der Waals surface area contributed by atoms with Gasteiger partial charge in [0.15, 0.2) is 5.11 Å². The third-order valence-electron chi connectivity index (χ3n) is 5.55. The molecule has 2 amide bonds. The first-order valence-corrected chi connectivity index (χ1v) is 10.4. The zero-order valence-electron chi connectivity index (χ0n) is 16.0. The molecule has 0 aliphatic heterocycles. The van der Waals surface area contributed by atoms with Crippen LogP contribution in [0.3, 0.4) is 0 Å². The predicted octanol–water partition coefficient (Wildman–Crippen LogP) is 4.52. The van der Waals surface area contributed by atoms with Gasteiger partial charge in [-0.05, 0) is 62.0 Å². The number of thiocarbonyl (C=S) groups is 1. The van der Waals surface area contributed by atoms with Crippen LogP contribution in [-0.4, -0.2) is 16.9 Å². The van der Waals surface area contributed by atoms with E-state index in [9.17, 15) is 9.59 Å². The Hall–Kier alpha value is -1.95. The van der Waals surface area contributed by atoms with E-state index in [0.29, 0.717) is 17.5 Å². The lowest BCUT2D eigenvalue weighted by molar-refractivity contribution is -0.120. The van der Waals surface area contributed by atoms with Gasteiger partial charge in [-0.25, -0.2) is 0 Å². The summed E-state index contributed by atoms with van der Waals surface area (Å²) in [7, 11) is 0. The molecule has 0 saturated heterocycles. The van der Waals surface area contributed by atoms with Gasteiger partial charge in [-0.15, -0.1) is 0 Å². The molecule has 3 rings (SSSR count). The maximum absolute atomic E-state index is 12.2. The predicted molar refractivity (Wildman–Crippen MR) is 113 cm³/mol. The normalized spacial score (nSPS) is 17.2. The molecule has 2 aliphatic carbocycles. The first-order valence-electron chi connectivity index (χ1n) is 10.0. The second kappa shape index (κ2) is 9.31. The molecule has 3 N–H and O–H groups in total. The van der Waals surface area contributed by atoms with Crippen LogP contribution in [0, 0.1) is 18.8 Å². The highest BCUT2D eigenvalue weighted by Crippen LogP contribution is 2.31. The molecule has 5 nitrogen and oxygen atoms in total. The molecule has 1 aromatic carbocycles. The van der Waals surface area contributed by atoms with Gasteiger partial charge in [0.25, 0.3) is 0 Å². The fourth-order valence-electron chi connectivity index (χ4n) is 3.64. The first-order chi connectivity index (χ1) is 13.0. The molecule has 0 heterocycles. The van der Waals surface area contributed by atoms with Crippen LogP contribution < -0.4 is 16.0 Å². The highest BCUT2D eigenvalue weighted by Gasteiger charge is 2.29. The Balaban J connectivity index is 1.48. The fraction of sp³-hybridized carbons (Fsp3) is 0.571. The van der Waals surface area contributed by atoms with E-state index < -0.39 is 0 Å². The van der Waals surface area contributed by atoms with Crippen LogP contribution in [-0.2, 0) is 9.59 Å². The highest BCUT2D eigenvalue weighted by molar-refractivity contribution is 7.80. The third kappa shape index (κ3) is 6.03. The average molecular weight is 388 g/mol. The van der Waals surface area contributed by atoms with Crippen molar-refractivity contribution in [1.29, 1.82) is 0 Å². The number of carbonyl (C=O) groups excluding carboxylic acids is 2. The number of hydrogen-bond acceptors (Lipinski definition) is 3. The minimum atomic E-state index is -0.0334. The van der Waals surface area contributed by atoms with Crippen molar-refractivity contribution in [3.05, 3.63) is 23.8 Å². The molecule has 0 atom stereocenters. The summed E-state index contributed by atoms with van der Waals surface area (Å²) in [5.41, 5.74) is 2.48. The summed E-state index contributed by atoms with van der Waals surface area (Å²) >= 11 is 5.29. The summed E-state index contributed by atoms with van der Waals surface area (Å²) in [6.45, 7) is 1.93. The quantitative estimate of drug-likeness (QED) is 0.628. The molecular weight excluding hydrogens is 358 g/mol. The molecule has 27 heavy (non-hydrogen) atoms. The lowest BCUT2D eigenvalue weighted by Crippen LogP contribution is -2.34. The Morgan fingerprint density at radius 3 is 2.37 bits per heavy atom. The number of hydrogen-bond donors (Lipinski definition) is 3. The van der Waals surface area contributed by atoms with Gasteiger partial charge in [0.1, 0.15) is 0 Å². The number of benzene rings is 1. The van der Waals surface area contributed by atoms with E-state index in [-0.39, 0.29) is 17.7 Å². The maximum Gasteiger partial charge on any atom is 0.227 e. The minimum Gasteiger partial charge on any atom is -0.332 e. The van der Waals surface area contributed by atoms with Gasteiger partial charge in [-0.1, -0.05) is 38.2 Å². The van der Waals surface area contributed by atoms with Crippen LogP contribution in [0.15, 0.2) is 18.2 Å². The number of rotatable bonds is 6. The largest absolute Gasteiger partial charge is 0.332 e. The van der Waals surface area contributed by atoms with E-state index in [4.69, 9.17) is 12.2 Å². The molecule has 146 valence electrons. The second-order valence-electron chi connectivity index (χ2n) is 7.79.